The standard InChI is InChI=1S/C24H22ClN3O5/c25-18-8-11-23(22(14-18)28-26-20-4-1-2-5-21(20)27-28)33-13-3-12-32-19-9-6-17(7-10-19)15-31-16-24(29)30/h1-2,4-11,14H,3,12-13,15-16H2,(H,29,30). The van der Waals surface area contributed by atoms with Crippen molar-refractivity contribution in [2.75, 3.05) is 19.8 Å². The Balaban J connectivity index is 1.28. The minimum Gasteiger partial charge on any atom is -0.493 e. The molecule has 1 heterocycles. The van der Waals surface area contributed by atoms with Crippen LogP contribution in [-0.2, 0) is 16.1 Å². The van der Waals surface area contributed by atoms with Crippen LogP contribution in [0.3, 0.4) is 0 Å². The third kappa shape index (κ3) is 6.21. The molecule has 1 N–H and O–H groups in total. The first-order valence-electron chi connectivity index (χ1n) is 10.3. The van der Waals surface area contributed by atoms with E-state index >= 15 is 0 Å². The number of aliphatic carboxylic acids is 1. The Bertz CT molecular complexity index is 1190. The van der Waals surface area contributed by atoms with Gasteiger partial charge in [-0.15, -0.1) is 15.0 Å². The highest BCUT2D eigenvalue weighted by atomic mass is 35.5. The van der Waals surface area contributed by atoms with Crippen molar-refractivity contribution >= 4 is 28.6 Å². The third-order valence-electron chi connectivity index (χ3n) is 4.66. The van der Waals surface area contributed by atoms with Crippen molar-refractivity contribution in [3.8, 4) is 17.2 Å². The van der Waals surface area contributed by atoms with Gasteiger partial charge in [0.1, 0.15) is 34.8 Å². The molecule has 0 fully saturated rings. The molecule has 0 unspecified atom stereocenters. The molecular formula is C24H22ClN3O5. The van der Waals surface area contributed by atoms with Crippen molar-refractivity contribution in [2.45, 2.75) is 13.0 Å². The second-order valence-corrected chi connectivity index (χ2v) is 7.61. The lowest BCUT2D eigenvalue weighted by atomic mass is 10.2. The zero-order valence-corrected chi connectivity index (χ0v) is 18.4. The molecule has 8 nitrogen and oxygen atoms in total. The number of hydrogen-bond donors (Lipinski definition) is 1. The maximum atomic E-state index is 10.5. The Kier molecular flexibility index (Phi) is 7.39. The first-order valence-corrected chi connectivity index (χ1v) is 10.7. The van der Waals surface area contributed by atoms with Crippen LogP contribution in [0.2, 0.25) is 5.02 Å². The van der Waals surface area contributed by atoms with Gasteiger partial charge in [0, 0.05) is 11.4 Å². The van der Waals surface area contributed by atoms with Crippen molar-refractivity contribution in [2.24, 2.45) is 0 Å². The zero-order valence-electron chi connectivity index (χ0n) is 17.7. The van der Waals surface area contributed by atoms with Gasteiger partial charge in [0.25, 0.3) is 0 Å². The quantitative estimate of drug-likeness (QED) is 0.324. The number of carboxylic acid groups (broad SMARTS) is 1. The molecule has 0 bridgehead atoms. The van der Waals surface area contributed by atoms with E-state index in [1.165, 1.54) is 4.80 Å². The van der Waals surface area contributed by atoms with E-state index in [4.69, 9.17) is 30.9 Å². The predicted octanol–water partition coefficient (Wildman–Crippen LogP) is 4.52. The molecule has 1 aromatic heterocycles. The Morgan fingerprint density at radius 1 is 0.939 bits per heavy atom. The van der Waals surface area contributed by atoms with Crippen LogP contribution < -0.4 is 9.47 Å². The molecular weight excluding hydrogens is 446 g/mol. The van der Waals surface area contributed by atoms with Crippen molar-refractivity contribution < 1.29 is 24.1 Å². The molecule has 0 aliphatic carbocycles. The summed E-state index contributed by atoms with van der Waals surface area (Å²) in [5, 5.41) is 18.2. The van der Waals surface area contributed by atoms with Gasteiger partial charge in [0.15, 0.2) is 0 Å². The Hall–Kier alpha value is -3.62. The summed E-state index contributed by atoms with van der Waals surface area (Å²) >= 11 is 6.19. The van der Waals surface area contributed by atoms with Crippen LogP contribution in [-0.4, -0.2) is 45.9 Å². The Morgan fingerprint density at radius 3 is 2.33 bits per heavy atom. The van der Waals surface area contributed by atoms with Crippen molar-refractivity contribution in [3.05, 3.63) is 77.3 Å². The van der Waals surface area contributed by atoms with E-state index in [0.717, 1.165) is 22.3 Å². The maximum absolute atomic E-state index is 10.5. The van der Waals surface area contributed by atoms with E-state index in [-0.39, 0.29) is 13.2 Å². The number of carbonyl (C=O) groups is 1. The number of hydrogen-bond acceptors (Lipinski definition) is 6. The van der Waals surface area contributed by atoms with Crippen LogP contribution in [0.25, 0.3) is 16.7 Å². The molecule has 0 saturated carbocycles. The Morgan fingerprint density at radius 2 is 1.64 bits per heavy atom. The molecule has 3 aromatic carbocycles. The van der Waals surface area contributed by atoms with E-state index in [2.05, 4.69) is 10.2 Å². The van der Waals surface area contributed by atoms with E-state index in [9.17, 15) is 4.79 Å². The van der Waals surface area contributed by atoms with Gasteiger partial charge >= 0.3 is 5.97 Å². The number of nitrogens with zero attached hydrogens (tertiary/aromatic N) is 3. The second kappa shape index (κ2) is 10.8. The average Bonchev–Trinajstić information content (AvgIpc) is 3.24. The van der Waals surface area contributed by atoms with Gasteiger partial charge in [0.05, 0.1) is 19.8 Å². The molecule has 4 aromatic rings. The van der Waals surface area contributed by atoms with Crippen LogP contribution in [0.5, 0.6) is 11.5 Å². The maximum Gasteiger partial charge on any atom is 0.329 e. The molecule has 0 aliphatic heterocycles. The van der Waals surface area contributed by atoms with E-state index in [1.807, 2.05) is 48.5 Å². The number of ether oxygens (including phenoxy) is 3. The molecule has 170 valence electrons. The number of fused-ring (bicyclic) bond motifs is 1. The average molecular weight is 468 g/mol. The fourth-order valence-corrected chi connectivity index (χ4v) is 3.27. The number of rotatable bonds is 11. The van der Waals surface area contributed by atoms with Gasteiger partial charge in [-0.05, 0) is 48.0 Å². The summed E-state index contributed by atoms with van der Waals surface area (Å²) < 4.78 is 16.8. The van der Waals surface area contributed by atoms with Crippen LogP contribution >= 0.6 is 11.6 Å². The first kappa shape index (κ1) is 22.6. The second-order valence-electron chi connectivity index (χ2n) is 7.17. The van der Waals surface area contributed by atoms with Gasteiger partial charge in [-0.2, -0.15) is 0 Å². The largest absolute Gasteiger partial charge is 0.493 e. The number of halogens is 1. The lowest BCUT2D eigenvalue weighted by Crippen LogP contribution is -2.08. The monoisotopic (exact) mass is 467 g/mol. The molecule has 33 heavy (non-hydrogen) atoms. The summed E-state index contributed by atoms with van der Waals surface area (Å²) in [5.74, 6) is 0.360. The Labute approximate surface area is 195 Å². The number of benzene rings is 3. The van der Waals surface area contributed by atoms with E-state index < -0.39 is 5.97 Å². The topological polar surface area (TPSA) is 95.7 Å². The smallest absolute Gasteiger partial charge is 0.329 e. The van der Waals surface area contributed by atoms with Gasteiger partial charge < -0.3 is 19.3 Å². The molecule has 0 amide bonds. The minimum atomic E-state index is -0.989. The van der Waals surface area contributed by atoms with Crippen LogP contribution in [0.15, 0.2) is 66.7 Å². The van der Waals surface area contributed by atoms with Crippen LogP contribution in [0.1, 0.15) is 12.0 Å². The van der Waals surface area contributed by atoms with Crippen molar-refractivity contribution in [1.29, 1.82) is 0 Å². The van der Waals surface area contributed by atoms with Crippen LogP contribution in [0, 0.1) is 0 Å². The number of carboxylic acids is 1. The SMILES string of the molecule is O=C(O)COCc1ccc(OCCCOc2ccc(Cl)cc2-n2nc3ccccc3n2)cc1. The lowest BCUT2D eigenvalue weighted by Gasteiger charge is -2.12. The van der Waals surface area contributed by atoms with E-state index in [0.29, 0.717) is 36.1 Å². The highest BCUT2D eigenvalue weighted by Gasteiger charge is 2.11. The molecule has 0 spiro atoms. The van der Waals surface area contributed by atoms with Crippen molar-refractivity contribution in [3.63, 3.8) is 0 Å². The fourth-order valence-electron chi connectivity index (χ4n) is 3.11. The lowest BCUT2D eigenvalue weighted by molar-refractivity contribution is -0.142. The molecule has 0 aliphatic rings. The van der Waals surface area contributed by atoms with Crippen LogP contribution in [0.4, 0.5) is 0 Å². The summed E-state index contributed by atoms with van der Waals surface area (Å²) in [7, 11) is 0. The normalized spacial score (nSPS) is 10.9. The zero-order chi connectivity index (χ0) is 23.0. The number of aromatic nitrogens is 3. The molecule has 9 heteroatoms. The van der Waals surface area contributed by atoms with Gasteiger partial charge in [0.2, 0.25) is 0 Å². The summed E-state index contributed by atoms with van der Waals surface area (Å²) in [6, 6.07) is 20.3. The molecule has 0 radical (unpaired) electrons. The highest BCUT2D eigenvalue weighted by Crippen LogP contribution is 2.27. The van der Waals surface area contributed by atoms with Gasteiger partial charge in [-0.1, -0.05) is 35.9 Å². The first-order chi connectivity index (χ1) is 16.1. The van der Waals surface area contributed by atoms with Gasteiger partial charge in [-0.25, -0.2) is 4.79 Å². The molecule has 0 saturated heterocycles. The van der Waals surface area contributed by atoms with E-state index in [1.54, 1.807) is 18.2 Å². The summed E-state index contributed by atoms with van der Waals surface area (Å²) in [6.45, 7) is 0.837. The summed E-state index contributed by atoms with van der Waals surface area (Å²) in [5.41, 5.74) is 3.12. The van der Waals surface area contributed by atoms with Gasteiger partial charge in [-0.3, -0.25) is 0 Å². The highest BCUT2D eigenvalue weighted by molar-refractivity contribution is 6.30. The summed E-state index contributed by atoms with van der Waals surface area (Å²) in [4.78, 5) is 12.0. The summed E-state index contributed by atoms with van der Waals surface area (Å²) in [6.07, 6.45) is 0.667. The molecule has 0 atom stereocenters. The fraction of sp³-hybridized carbons (Fsp3) is 0.208. The predicted molar refractivity (Wildman–Crippen MR) is 123 cm³/mol. The van der Waals surface area contributed by atoms with Crippen molar-refractivity contribution in [1.82, 2.24) is 15.0 Å². The third-order valence-corrected chi connectivity index (χ3v) is 4.89. The molecule has 4 rings (SSSR count). The minimum absolute atomic E-state index is 0.241.